The van der Waals surface area contributed by atoms with Gasteiger partial charge in [-0.2, -0.15) is 0 Å². The van der Waals surface area contributed by atoms with E-state index in [1.807, 2.05) is 26.0 Å². The predicted octanol–water partition coefficient (Wildman–Crippen LogP) is 4.55. The fourth-order valence-corrected chi connectivity index (χ4v) is 4.17. The zero-order valence-corrected chi connectivity index (χ0v) is 19.4. The van der Waals surface area contributed by atoms with Gasteiger partial charge >= 0.3 is 11.8 Å². The van der Waals surface area contributed by atoms with Crippen LogP contribution in [0.2, 0.25) is 0 Å². The first-order valence-corrected chi connectivity index (χ1v) is 11.6. The maximum Gasteiger partial charge on any atom is 0.313 e. The van der Waals surface area contributed by atoms with Crippen molar-refractivity contribution in [1.29, 1.82) is 0 Å². The van der Waals surface area contributed by atoms with Crippen LogP contribution in [0.4, 0.5) is 11.4 Å². The van der Waals surface area contributed by atoms with E-state index < -0.39 is 11.8 Å². The Balaban J connectivity index is 1.20. The molecule has 5 nitrogen and oxygen atoms in total. The molecule has 0 atom stereocenters. The fourth-order valence-electron chi connectivity index (χ4n) is 4.17. The average Bonchev–Trinajstić information content (AvgIpc) is 2.84. The van der Waals surface area contributed by atoms with Crippen LogP contribution in [-0.4, -0.2) is 24.9 Å². The van der Waals surface area contributed by atoms with Gasteiger partial charge in [-0.3, -0.25) is 9.59 Å². The van der Waals surface area contributed by atoms with Crippen LogP contribution in [0.5, 0.6) is 0 Å². The summed E-state index contributed by atoms with van der Waals surface area (Å²) >= 11 is 0. The first-order valence-electron chi connectivity index (χ1n) is 11.6. The number of nitrogens with zero attached hydrogens (tertiary/aromatic N) is 1. The molecular weight excluding hydrogens is 410 g/mol. The van der Waals surface area contributed by atoms with Crippen LogP contribution in [0.1, 0.15) is 34.2 Å². The second-order valence-electron chi connectivity index (χ2n) is 8.72. The SMILES string of the molecule is Cc1ccc(NC(=O)C(=O)NCCCc2ccc(N3CCc4ccccc4C3)cc2)cc1C. The quantitative estimate of drug-likeness (QED) is 0.436. The van der Waals surface area contributed by atoms with Crippen LogP contribution >= 0.6 is 0 Å². The van der Waals surface area contributed by atoms with Crippen molar-refractivity contribution < 1.29 is 9.59 Å². The van der Waals surface area contributed by atoms with E-state index >= 15 is 0 Å². The summed E-state index contributed by atoms with van der Waals surface area (Å²) in [6, 6.07) is 22.9. The van der Waals surface area contributed by atoms with E-state index in [1.165, 1.54) is 22.4 Å². The van der Waals surface area contributed by atoms with Gasteiger partial charge in [-0.25, -0.2) is 0 Å². The van der Waals surface area contributed by atoms with E-state index in [0.717, 1.165) is 43.5 Å². The zero-order chi connectivity index (χ0) is 23.2. The van der Waals surface area contributed by atoms with Crippen LogP contribution in [-0.2, 0) is 29.0 Å². The summed E-state index contributed by atoms with van der Waals surface area (Å²) in [7, 11) is 0. The largest absolute Gasteiger partial charge is 0.367 e. The minimum Gasteiger partial charge on any atom is -0.367 e. The molecule has 0 saturated carbocycles. The first-order chi connectivity index (χ1) is 16.0. The highest BCUT2D eigenvalue weighted by atomic mass is 16.2. The topological polar surface area (TPSA) is 61.4 Å². The molecule has 0 unspecified atom stereocenters. The number of aryl methyl sites for hydroxylation is 3. The molecule has 1 aliphatic heterocycles. The molecule has 170 valence electrons. The van der Waals surface area contributed by atoms with Crippen molar-refractivity contribution >= 4 is 23.2 Å². The maximum atomic E-state index is 12.1. The Hall–Kier alpha value is -3.60. The van der Waals surface area contributed by atoms with Crippen molar-refractivity contribution in [3.8, 4) is 0 Å². The van der Waals surface area contributed by atoms with Crippen molar-refractivity contribution in [1.82, 2.24) is 5.32 Å². The van der Waals surface area contributed by atoms with Crippen LogP contribution in [0.3, 0.4) is 0 Å². The van der Waals surface area contributed by atoms with Crippen LogP contribution in [0.25, 0.3) is 0 Å². The number of carbonyl (C=O) groups excluding carboxylic acids is 2. The smallest absolute Gasteiger partial charge is 0.313 e. The molecule has 3 aromatic carbocycles. The number of carbonyl (C=O) groups is 2. The summed E-state index contributed by atoms with van der Waals surface area (Å²) in [5.74, 6) is -1.24. The number of hydrogen-bond donors (Lipinski definition) is 2. The third kappa shape index (κ3) is 5.80. The highest BCUT2D eigenvalue weighted by Gasteiger charge is 2.16. The Bertz CT molecular complexity index is 1140. The van der Waals surface area contributed by atoms with E-state index in [1.54, 1.807) is 6.07 Å². The molecule has 5 heteroatoms. The highest BCUT2D eigenvalue weighted by molar-refractivity contribution is 6.39. The molecule has 0 spiro atoms. The molecule has 3 aromatic rings. The third-order valence-corrected chi connectivity index (χ3v) is 6.33. The zero-order valence-electron chi connectivity index (χ0n) is 19.4. The van der Waals surface area contributed by atoms with Crippen LogP contribution in [0, 0.1) is 13.8 Å². The molecule has 0 fully saturated rings. The Labute approximate surface area is 195 Å². The number of benzene rings is 3. The van der Waals surface area contributed by atoms with Gasteiger partial charge in [0.15, 0.2) is 0 Å². The number of nitrogens with one attached hydrogen (secondary N) is 2. The molecule has 0 radical (unpaired) electrons. The van der Waals surface area contributed by atoms with Gasteiger partial charge in [0.1, 0.15) is 0 Å². The Morgan fingerprint density at radius 2 is 1.64 bits per heavy atom. The summed E-state index contributed by atoms with van der Waals surface area (Å²) < 4.78 is 0. The Kier molecular flexibility index (Phi) is 7.08. The third-order valence-electron chi connectivity index (χ3n) is 6.33. The van der Waals surface area contributed by atoms with E-state index in [-0.39, 0.29) is 0 Å². The van der Waals surface area contributed by atoms with Crippen molar-refractivity contribution in [2.45, 2.75) is 39.7 Å². The van der Waals surface area contributed by atoms with Crippen molar-refractivity contribution in [2.24, 2.45) is 0 Å². The normalized spacial score (nSPS) is 12.7. The summed E-state index contributed by atoms with van der Waals surface area (Å²) in [5, 5.41) is 5.37. The number of rotatable bonds is 6. The molecule has 4 rings (SSSR count). The van der Waals surface area contributed by atoms with E-state index in [9.17, 15) is 9.59 Å². The van der Waals surface area contributed by atoms with Gasteiger partial charge in [-0.05, 0) is 85.2 Å². The number of amides is 2. The first kappa shape index (κ1) is 22.6. The summed E-state index contributed by atoms with van der Waals surface area (Å²) in [5.41, 5.74) is 8.18. The van der Waals surface area contributed by atoms with E-state index in [0.29, 0.717) is 12.2 Å². The fraction of sp³-hybridized carbons (Fsp3) is 0.286. The van der Waals surface area contributed by atoms with Crippen LogP contribution in [0.15, 0.2) is 66.7 Å². The predicted molar refractivity (Wildman–Crippen MR) is 134 cm³/mol. The standard InChI is InChI=1S/C28H31N3O2/c1-20-9-12-25(18-21(20)2)30-28(33)27(32)29-16-5-6-22-10-13-26(14-11-22)31-17-15-23-7-3-4-8-24(23)19-31/h3-4,7-14,18H,5-6,15-17,19H2,1-2H3,(H,29,32)(H,30,33). The molecule has 1 heterocycles. The Morgan fingerprint density at radius 3 is 2.39 bits per heavy atom. The highest BCUT2D eigenvalue weighted by Crippen LogP contribution is 2.24. The minimum absolute atomic E-state index is 0.462. The maximum absolute atomic E-state index is 12.1. The van der Waals surface area contributed by atoms with Crippen LogP contribution < -0.4 is 15.5 Å². The number of hydrogen-bond acceptors (Lipinski definition) is 3. The van der Waals surface area contributed by atoms with Gasteiger partial charge in [0.05, 0.1) is 0 Å². The second kappa shape index (κ2) is 10.3. The summed E-state index contributed by atoms with van der Waals surface area (Å²) in [4.78, 5) is 26.6. The van der Waals surface area contributed by atoms with Crippen molar-refractivity contribution in [3.63, 3.8) is 0 Å². The molecule has 1 aliphatic rings. The van der Waals surface area contributed by atoms with Gasteiger partial charge in [0.2, 0.25) is 0 Å². The molecule has 0 saturated heterocycles. The van der Waals surface area contributed by atoms with Crippen molar-refractivity contribution in [3.05, 3.63) is 94.5 Å². The van der Waals surface area contributed by atoms with Gasteiger partial charge < -0.3 is 15.5 Å². The van der Waals surface area contributed by atoms with Gasteiger partial charge in [0.25, 0.3) is 0 Å². The molecule has 0 aliphatic carbocycles. The van der Waals surface area contributed by atoms with Gasteiger partial charge in [-0.15, -0.1) is 0 Å². The average molecular weight is 442 g/mol. The summed E-state index contributed by atoms with van der Waals surface area (Å²) in [6.45, 7) is 6.43. The molecule has 2 amide bonds. The number of fused-ring (bicyclic) bond motifs is 1. The lowest BCUT2D eigenvalue weighted by Crippen LogP contribution is -2.36. The molecule has 0 bridgehead atoms. The lowest BCUT2D eigenvalue weighted by atomic mass is 9.99. The van der Waals surface area contributed by atoms with Gasteiger partial charge in [0, 0.05) is 31.0 Å². The van der Waals surface area contributed by atoms with E-state index in [2.05, 4.69) is 64.1 Å². The van der Waals surface area contributed by atoms with Gasteiger partial charge in [-0.1, -0.05) is 42.5 Å². The minimum atomic E-state index is -0.634. The second-order valence-corrected chi connectivity index (χ2v) is 8.72. The number of anilines is 2. The van der Waals surface area contributed by atoms with Crippen molar-refractivity contribution in [2.75, 3.05) is 23.3 Å². The molecule has 2 N–H and O–H groups in total. The lowest BCUT2D eigenvalue weighted by Gasteiger charge is -2.30. The lowest BCUT2D eigenvalue weighted by molar-refractivity contribution is -0.136. The molecule has 33 heavy (non-hydrogen) atoms. The summed E-state index contributed by atoms with van der Waals surface area (Å²) in [6.07, 6.45) is 2.70. The van der Waals surface area contributed by atoms with E-state index in [4.69, 9.17) is 0 Å². The monoisotopic (exact) mass is 441 g/mol. The molecular formula is C28H31N3O2. The Morgan fingerprint density at radius 1 is 0.879 bits per heavy atom. The molecule has 0 aromatic heterocycles.